The molecule has 3 heteroatoms. The monoisotopic (exact) mass is 301 g/mol. The fourth-order valence-corrected chi connectivity index (χ4v) is 3.99. The van der Waals surface area contributed by atoms with E-state index in [1.54, 1.807) is 0 Å². The van der Waals surface area contributed by atoms with Gasteiger partial charge < -0.3 is 0 Å². The van der Waals surface area contributed by atoms with Gasteiger partial charge in [0.1, 0.15) is 0 Å². The molecule has 0 rings (SSSR count). The van der Waals surface area contributed by atoms with Crippen molar-refractivity contribution in [1.82, 2.24) is 4.90 Å². The number of rotatable bonds is 1. The van der Waals surface area contributed by atoms with E-state index < -0.39 is 0 Å². The van der Waals surface area contributed by atoms with Crippen LogP contribution in [0.25, 0.3) is 0 Å². The minimum atomic E-state index is 0.172. The normalized spacial score (nSPS) is 12.9. The minimum absolute atomic E-state index is 0.172. The third kappa shape index (κ3) is 3.62. The van der Waals surface area contributed by atoms with Crippen molar-refractivity contribution in [3.63, 3.8) is 0 Å². The quantitative estimate of drug-likeness (QED) is 0.654. The molecule has 0 fully saturated rings. The molecule has 0 radical (unpaired) electrons. The van der Waals surface area contributed by atoms with Crippen LogP contribution in [0, 0.1) is 0 Å². The van der Waals surface area contributed by atoms with Crippen LogP contribution in [-0.2, 0) is 0 Å². The van der Waals surface area contributed by atoms with E-state index in [2.05, 4.69) is 78.0 Å². The van der Waals surface area contributed by atoms with E-state index in [-0.39, 0.29) is 11.1 Å². The zero-order chi connectivity index (χ0) is 10.2. The van der Waals surface area contributed by atoms with E-state index in [4.69, 9.17) is 0 Å². The maximum atomic E-state index is 3.07. The van der Waals surface area contributed by atoms with Crippen molar-refractivity contribution in [3.8, 4) is 0 Å². The Kier molecular flexibility index (Phi) is 4.06. The molecule has 0 saturated carbocycles. The van der Waals surface area contributed by atoms with E-state index in [1.165, 1.54) is 3.44 Å². The molecule has 0 spiro atoms. The van der Waals surface area contributed by atoms with Gasteiger partial charge in [-0.15, -0.1) is 0 Å². The van der Waals surface area contributed by atoms with Gasteiger partial charge in [-0.3, -0.25) is 0 Å². The van der Waals surface area contributed by atoms with Gasteiger partial charge in [0.05, 0.1) is 0 Å². The van der Waals surface area contributed by atoms with E-state index >= 15 is 0 Å². The third-order valence-corrected chi connectivity index (χ3v) is 2.34. The molecule has 0 N–H and O–H groups in total. The average Bonchev–Trinajstić information content (AvgIpc) is 1.49. The molecule has 1 nitrogen and oxygen atoms in total. The van der Waals surface area contributed by atoms with Gasteiger partial charge in [-0.2, -0.15) is 0 Å². The van der Waals surface area contributed by atoms with Crippen molar-refractivity contribution >= 4 is 35.0 Å². The predicted octanol–water partition coefficient (Wildman–Crippen LogP) is 1.04. The van der Waals surface area contributed by atoms with Gasteiger partial charge in [0.25, 0.3) is 0 Å². The molecule has 0 aromatic carbocycles. The Bertz CT molecular complexity index is 160. The van der Waals surface area contributed by atoms with Crippen molar-refractivity contribution in [2.75, 3.05) is 0 Å². The Morgan fingerprint density at radius 3 is 1.25 bits per heavy atom. The fraction of sp³-hybridized carbons (Fsp3) is 0.889. The molecular weight excluding hydrogens is 280 g/mol. The molecule has 0 bridgehead atoms. The summed E-state index contributed by atoms with van der Waals surface area (Å²) in [6.07, 6.45) is 0. The molecular formula is C9H19NSe2. The third-order valence-electron chi connectivity index (χ3n) is 1.53. The van der Waals surface area contributed by atoms with Crippen LogP contribution in [0.1, 0.15) is 41.5 Å². The first-order chi connectivity index (χ1) is 5.07. The van der Waals surface area contributed by atoms with Crippen LogP contribution in [-0.4, -0.2) is 51.0 Å². The molecule has 0 aromatic heterocycles. The summed E-state index contributed by atoms with van der Waals surface area (Å²) in [7, 11) is 0. The molecule has 12 heavy (non-hydrogen) atoms. The molecule has 0 unspecified atom stereocenters. The number of nitrogens with zero attached hydrogens (tertiary/aromatic N) is 1. The first kappa shape index (κ1) is 12.7. The summed E-state index contributed by atoms with van der Waals surface area (Å²) in [6, 6.07) is 0. The van der Waals surface area contributed by atoms with Gasteiger partial charge in [-0.25, -0.2) is 0 Å². The zero-order valence-corrected chi connectivity index (χ0v) is 12.4. The van der Waals surface area contributed by atoms with E-state index in [0.717, 1.165) is 0 Å². The topological polar surface area (TPSA) is 3.24 Å². The van der Waals surface area contributed by atoms with Crippen molar-refractivity contribution < 1.29 is 0 Å². The maximum absolute atomic E-state index is 3.07. The predicted molar refractivity (Wildman–Crippen MR) is 59.3 cm³/mol. The molecule has 0 heterocycles. The summed E-state index contributed by atoms with van der Waals surface area (Å²) >= 11 is 5.65. The van der Waals surface area contributed by atoms with E-state index in [1.807, 2.05) is 0 Å². The fourth-order valence-electron chi connectivity index (χ4n) is 1.58. The van der Waals surface area contributed by atoms with Gasteiger partial charge in [0, 0.05) is 0 Å². The first-order valence-corrected chi connectivity index (χ1v) is 5.89. The Hall–Kier alpha value is 0.709. The molecule has 72 valence electrons. The Labute approximate surface area is 92.5 Å². The average molecular weight is 299 g/mol. The molecule has 0 amide bonds. The summed E-state index contributed by atoms with van der Waals surface area (Å²) in [6.45, 7) is 13.4. The van der Waals surface area contributed by atoms with Crippen LogP contribution in [0.3, 0.4) is 0 Å². The van der Waals surface area contributed by atoms with Crippen molar-refractivity contribution in [2.45, 2.75) is 52.6 Å². The second kappa shape index (κ2) is 3.84. The molecule has 0 aliphatic rings. The first-order valence-electron chi connectivity index (χ1n) is 4.10. The second-order valence-corrected chi connectivity index (χ2v) is 8.14. The second-order valence-electron chi connectivity index (χ2n) is 4.96. The summed E-state index contributed by atoms with van der Waals surface area (Å²) in [5.41, 5.74) is 0.345. The van der Waals surface area contributed by atoms with Gasteiger partial charge in [0.15, 0.2) is 0 Å². The summed E-state index contributed by atoms with van der Waals surface area (Å²) in [5.74, 6) is 0. The molecule has 0 aromatic rings. The van der Waals surface area contributed by atoms with Crippen LogP contribution >= 0.6 is 0 Å². The van der Waals surface area contributed by atoms with E-state index in [0.29, 0.717) is 0 Å². The van der Waals surface area contributed by atoms with Gasteiger partial charge in [0.2, 0.25) is 0 Å². The molecule has 0 aliphatic heterocycles. The molecule has 0 atom stereocenters. The zero-order valence-electron chi connectivity index (χ0n) is 8.80. The van der Waals surface area contributed by atoms with Gasteiger partial charge >= 0.3 is 92.5 Å². The van der Waals surface area contributed by atoms with Crippen molar-refractivity contribution in [3.05, 3.63) is 0 Å². The Morgan fingerprint density at radius 1 is 1.00 bits per heavy atom. The summed E-state index contributed by atoms with van der Waals surface area (Å²) in [4.78, 5) is 2.38. The van der Waals surface area contributed by atoms with Crippen LogP contribution in [0.15, 0.2) is 0 Å². The van der Waals surface area contributed by atoms with Crippen LogP contribution in [0.2, 0.25) is 0 Å². The van der Waals surface area contributed by atoms with Crippen LogP contribution in [0.4, 0.5) is 0 Å². The number of hydrogen-bond acceptors (Lipinski definition) is 1. The molecule has 0 saturated heterocycles. The van der Waals surface area contributed by atoms with Gasteiger partial charge in [-0.05, 0) is 0 Å². The molecule has 0 aliphatic carbocycles. The van der Waals surface area contributed by atoms with Crippen molar-refractivity contribution in [1.29, 1.82) is 0 Å². The van der Waals surface area contributed by atoms with Crippen molar-refractivity contribution in [2.24, 2.45) is 0 Å². The summed E-state index contributed by atoms with van der Waals surface area (Å²) < 4.78 is 1.20. The SMILES string of the molecule is CC(C)(C)N(C(=[Se])[SeH])C(C)(C)C. The standard InChI is InChI=1S/C9H19NSe2/c1-8(2,3)10(7(11)12)9(4,5)6/h1-6H3,(H,11,12). The Morgan fingerprint density at radius 2 is 1.25 bits per heavy atom. The van der Waals surface area contributed by atoms with Crippen LogP contribution < -0.4 is 0 Å². The Balaban J connectivity index is 4.82. The van der Waals surface area contributed by atoms with Gasteiger partial charge in [-0.1, -0.05) is 0 Å². The summed E-state index contributed by atoms with van der Waals surface area (Å²) in [5, 5.41) is 0. The van der Waals surface area contributed by atoms with Crippen LogP contribution in [0.5, 0.6) is 0 Å². The van der Waals surface area contributed by atoms with E-state index in [9.17, 15) is 0 Å². The number of hydrogen-bond donors (Lipinski definition) is 0.